The largest absolute Gasteiger partial charge is 0.507 e. The lowest BCUT2D eigenvalue weighted by atomic mass is 10.1. The number of anilines is 1. The van der Waals surface area contributed by atoms with Crippen LogP contribution in [0.25, 0.3) is 22.3 Å². The molecule has 0 amide bonds. The van der Waals surface area contributed by atoms with Crippen molar-refractivity contribution in [1.82, 2.24) is 9.97 Å². The minimum absolute atomic E-state index is 0.105. The number of sulfone groups is 1. The first kappa shape index (κ1) is 16.8. The van der Waals surface area contributed by atoms with Crippen LogP contribution in [0, 0.1) is 6.92 Å². The minimum atomic E-state index is -2.99. The molecular formula is C19H19N3O3S. The van der Waals surface area contributed by atoms with Crippen LogP contribution in [0.5, 0.6) is 5.75 Å². The number of para-hydroxylation sites is 1. The number of phenols is 1. The highest BCUT2D eigenvalue weighted by Crippen LogP contribution is 2.31. The zero-order valence-electron chi connectivity index (χ0n) is 14.3. The van der Waals surface area contributed by atoms with E-state index in [1.165, 1.54) is 0 Å². The van der Waals surface area contributed by atoms with Gasteiger partial charge in [0.2, 0.25) is 0 Å². The van der Waals surface area contributed by atoms with E-state index in [0.717, 1.165) is 16.5 Å². The monoisotopic (exact) mass is 369 g/mol. The summed E-state index contributed by atoms with van der Waals surface area (Å²) in [6.07, 6.45) is 0.561. The van der Waals surface area contributed by atoms with E-state index in [0.29, 0.717) is 23.6 Å². The topological polar surface area (TPSA) is 92.2 Å². The van der Waals surface area contributed by atoms with E-state index in [1.807, 2.05) is 31.2 Å². The van der Waals surface area contributed by atoms with Crippen molar-refractivity contribution < 1.29 is 13.5 Å². The molecule has 1 unspecified atom stereocenters. The van der Waals surface area contributed by atoms with Crippen molar-refractivity contribution in [1.29, 1.82) is 0 Å². The van der Waals surface area contributed by atoms with Crippen molar-refractivity contribution in [3.63, 3.8) is 0 Å². The first-order valence-electron chi connectivity index (χ1n) is 8.45. The smallest absolute Gasteiger partial charge is 0.165 e. The number of phenolic OH excluding ortho intramolecular Hbond substituents is 1. The first-order valence-corrected chi connectivity index (χ1v) is 10.3. The molecule has 0 spiro atoms. The highest BCUT2D eigenvalue weighted by atomic mass is 32.2. The van der Waals surface area contributed by atoms with Crippen LogP contribution in [0.15, 0.2) is 42.5 Å². The molecule has 1 atom stereocenters. The van der Waals surface area contributed by atoms with Gasteiger partial charge in [-0.05, 0) is 43.2 Å². The van der Waals surface area contributed by atoms with Crippen LogP contribution in [0.1, 0.15) is 12.0 Å². The third kappa shape index (κ3) is 3.22. The predicted molar refractivity (Wildman–Crippen MR) is 102 cm³/mol. The second kappa shape index (κ2) is 6.25. The molecule has 1 fully saturated rings. The molecule has 1 aromatic heterocycles. The molecule has 26 heavy (non-hydrogen) atoms. The van der Waals surface area contributed by atoms with Crippen molar-refractivity contribution in [2.75, 3.05) is 16.8 Å². The number of aromatic hydroxyl groups is 1. The Balaban J connectivity index is 1.84. The molecule has 0 aliphatic carbocycles. The fourth-order valence-electron chi connectivity index (χ4n) is 3.24. The summed E-state index contributed by atoms with van der Waals surface area (Å²) >= 11 is 0. The number of rotatable bonds is 3. The van der Waals surface area contributed by atoms with E-state index in [-0.39, 0.29) is 23.3 Å². The van der Waals surface area contributed by atoms with Crippen LogP contribution >= 0.6 is 0 Å². The lowest BCUT2D eigenvalue weighted by Crippen LogP contribution is -2.21. The summed E-state index contributed by atoms with van der Waals surface area (Å²) in [5.74, 6) is 1.41. The molecular weight excluding hydrogens is 350 g/mol. The van der Waals surface area contributed by atoms with E-state index < -0.39 is 9.84 Å². The summed E-state index contributed by atoms with van der Waals surface area (Å²) in [5.41, 5.74) is 2.36. The quantitative estimate of drug-likeness (QED) is 0.737. The maximum absolute atomic E-state index is 11.8. The summed E-state index contributed by atoms with van der Waals surface area (Å²) in [4.78, 5) is 9.20. The van der Waals surface area contributed by atoms with Crippen molar-refractivity contribution in [2.24, 2.45) is 0 Å². The van der Waals surface area contributed by atoms with Gasteiger partial charge in [-0.25, -0.2) is 18.4 Å². The minimum Gasteiger partial charge on any atom is -0.507 e. The number of hydrogen-bond donors (Lipinski definition) is 2. The maximum atomic E-state index is 11.8. The summed E-state index contributed by atoms with van der Waals surface area (Å²) in [7, 11) is -2.99. The van der Waals surface area contributed by atoms with Gasteiger partial charge < -0.3 is 10.4 Å². The molecule has 1 aliphatic heterocycles. The third-order valence-electron chi connectivity index (χ3n) is 4.57. The summed E-state index contributed by atoms with van der Waals surface area (Å²) in [5, 5.41) is 14.3. The fraction of sp³-hybridized carbons (Fsp3) is 0.263. The van der Waals surface area contributed by atoms with Gasteiger partial charge in [0, 0.05) is 11.4 Å². The van der Waals surface area contributed by atoms with E-state index in [2.05, 4.69) is 15.3 Å². The third-order valence-corrected chi connectivity index (χ3v) is 6.34. The molecule has 0 radical (unpaired) electrons. The zero-order chi connectivity index (χ0) is 18.3. The second-order valence-electron chi connectivity index (χ2n) is 6.68. The van der Waals surface area contributed by atoms with E-state index >= 15 is 0 Å². The van der Waals surface area contributed by atoms with Crippen molar-refractivity contribution in [3.05, 3.63) is 48.0 Å². The number of hydrogen-bond acceptors (Lipinski definition) is 6. The molecule has 2 N–H and O–H groups in total. The Hall–Kier alpha value is -2.67. The van der Waals surface area contributed by atoms with Gasteiger partial charge in [0.15, 0.2) is 15.7 Å². The fourth-order valence-corrected chi connectivity index (χ4v) is 4.91. The second-order valence-corrected chi connectivity index (χ2v) is 8.91. The van der Waals surface area contributed by atoms with Gasteiger partial charge in [0.05, 0.1) is 22.6 Å². The Morgan fingerprint density at radius 2 is 1.96 bits per heavy atom. The van der Waals surface area contributed by atoms with Crippen LogP contribution in [-0.4, -0.2) is 41.0 Å². The lowest BCUT2D eigenvalue weighted by molar-refractivity contribution is 0.477. The summed E-state index contributed by atoms with van der Waals surface area (Å²) < 4.78 is 23.5. The van der Waals surface area contributed by atoms with Crippen molar-refractivity contribution >= 4 is 26.6 Å². The Labute approximate surface area is 151 Å². The lowest BCUT2D eigenvalue weighted by Gasteiger charge is -2.15. The Kier molecular flexibility index (Phi) is 4.03. The van der Waals surface area contributed by atoms with Gasteiger partial charge in [0.1, 0.15) is 11.6 Å². The molecule has 2 heterocycles. The SMILES string of the molecule is Cc1ccc2c(NC3CCS(=O)(=O)C3)nc(-c3ccccc3O)nc2c1. The van der Waals surface area contributed by atoms with E-state index in [9.17, 15) is 13.5 Å². The van der Waals surface area contributed by atoms with Gasteiger partial charge in [-0.1, -0.05) is 18.2 Å². The van der Waals surface area contributed by atoms with Crippen LogP contribution in [0.3, 0.4) is 0 Å². The average Bonchev–Trinajstić information content (AvgIpc) is 2.93. The molecule has 0 bridgehead atoms. The van der Waals surface area contributed by atoms with Gasteiger partial charge in [0.25, 0.3) is 0 Å². The summed E-state index contributed by atoms with van der Waals surface area (Å²) in [6.45, 7) is 1.98. The molecule has 3 aromatic rings. The maximum Gasteiger partial charge on any atom is 0.165 e. The number of nitrogens with zero attached hydrogens (tertiary/aromatic N) is 2. The molecule has 0 saturated carbocycles. The Morgan fingerprint density at radius 3 is 2.69 bits per heavy atom. The average molecular weight is 369 g/mol. The van der Waals surface area contributed by atoms with Gasteiger partial charge in [-0.3, -0.25) is 0 Å². The van der Waals surface area contributed by atoms with Gasteiger partial charge in [-0.15, -0.1) is 0 Å². The predicted octanol–water partition coefficient (Wildman–Crippen LogP) is 2.91. The molecule has 6 nitrogen and oxygen atoms in total. The number of nitrogens with one attached hydrogen (secondary N) is 1. The van der Waals surface area contributed by atoms with E-state index in [4.69, 9.17) is 0 Å². The van der Waals surface area contributed by atoms with Gasteiger partial charge in [-0.2, -0.15) is 0 Å². The zero-order valence-corrected chi connectivity index (χ0v) is 15.1. The molecule has 134 valence electrons. The Morgan fingerprint density at radius 1 is 1.15 bits per heavy atom. The normalized spacial score (nSPS) is 18.9. The summed E-state index contributed by atoms with van der Waals surface area (Å²) in [6, 6.07) is 12.6. The number of benzene rings is 2. The van der Waals surface area contributed by atoms with Crippen molar-refractivity contribution in [3.8, 4) is 17.1 Å². The van der Waals surface area contributed by atoms with E-state index in [1.54, 1.807) is 18.2 Å². The van der Waals surface area contributed by atoms with Crippen LogP contribution in [0.2, 0.25) is 0 Å². The number of fused-ring (bicyclic) bond motifs is 1. The Bertz CT molecular complexity index is 1100. The molecule has 7 heteroatoms. The molecule has 2 aromatic carbocycles. The number of aromatic nitrogens is 2. The van der Waals surface area contributed by atoms with Crippen LogP contribution in [-0.2, 0) is 9.84 Å². The highest BCUT2D eigenvalue weighted by molar-refractivity contribution is 7.91. The molecule has 1 saturated heterocycles. The van der Waals surface area contributed by atoms with Crippen LogP contribution in [0.4, 0.5) is 5.82 Å². The highest BCUT2D eigenvalue weighted by Gasteiger charge is 2.28. The standard InChI is InChI=1S/C19H19N3O3S/c1-12-6-7-14-16(10-12)21-19(15-4-2-3-5-17(15)23)22-18(14)20-13-8-9-26(24,25)11-13/h2-7,10,13,23H,8-9,11H2,1H3,(H,20,21,22). The molecule has 4 rings (SSSR count). The number of aryl methyl sites for hydroxylation is 1. The molecule has 1 aliphatic rings. The van der Waals surface area contributed by atoms with Crippen molar-refractivity contribution in [2.45, 2.75) is 19.4 Å². The van der Waals surface area contributed by atoms with Crippen LogP contribution < -0.4 is 5.32 Å². The van der Waals surface area contributed by atoms with Gasteiger partial charge >= 0.3 is 0 Å². The first-order chi connectivity index (χ1) is 12.4.